The molecular weight excluding hydrogens is 252 g/mol. The highest BCUT2D eigenvalue weighted by atomic mass is 14.6. The lowest BCUT2D eigenvalue weighted by Gasteiger charge is -2.58. The molecule has 0 N–H and O–H groups in total. The Morgan fingerprint density at radius 1 is 1.10 bits per heavy atom. The fourth-order valence-corrected chi connectivity index (χ4v) is 6.97. The second-order valence-electron chi connectivity index (χ2n) is 9.12. The molecule has 0 aliphatic heterocycles. The summed E-state index contributed by atoms with van der Waals surface area (Å²) in [6.45, 7) is 12.1. The van der Waals surface area contributed by atoms with Crippen molar-refractivity contribution in [3.8, 4) is 0 Å². The minimum Gasteiger partial charge on any atom is -0.0993 e. The van der Waals surface area contributed by atoms with Gasteiger partial charge in [-0.3, -0.25) is 0 Å². The second-order valence-corrected chi connectivity index (χ2v) is 9.12. The van der Waals surface area contributed by atoms with Crippen LogP contribution in [-0.2, 0) is 0 Å². The van der Waals surface area contributed by atoms with E-state index in [1.807, 2.05) is 5.57 Å². The van der Waals surface area contributed by atoms with Gasteiger partial charge in [0.2, 0.25) is 0 Å². The van der Waals surface area contributed by atoms with E-state index >= 15 is 0 Å². The molecule has 0 saturated heterocycles. The summed E-state index contributed by atoms with van der Waals surface area (Å²) in [5, 5.41) is 0. The Kier molecular flexibility index (Phi) is 3.02. The first kappa shape index (κ1) is 14.1. The Balaban J connectivity index is 1.77. The van der Waals surface area contributed by atoms with E-state index in [-0.39, 0.29) is 0 Å². The van der Waals surface area contributed by atoms with Crippen molar-refractivity contribution in [3.63, 3.8) is 0 Å². The number of hydrogen-bond acceptors (Lipinski definition) is 0. The van der Waals surface area contributed by atoms with Crippen LogP contribution in [0.1, 0.15) is 72.1 Å². The molecule has 0 aromatic carbocycles. The maximum absolute atomic E-state index is 4.44. The molecule has 4 unspecified atom stereocenters. The van der Waals surface area contributed by atoms with Crippen molar-refractivity contribution >= 4 is 0 Å². The van der Waals surface area contributed by atoms with Gasteiger partial charge in [-0.15, -0.1) is 0 Å². The lowest BCUT2D eigenvalue weighted by atomic mass is 9.47. The van der Waals surface area contributed by atoms with Gasteiger partial charge in [0.1, 0.15) is 0 Å². The van der Waals surface area contributed by atoms with Crippen LogP contribution in [0.2, 0.25) is 0 Å². The lowest BCUT2D eigenvalue weighted by Crippen LogP contribution is -2.48. The van der Waals surface area contributed by atoms with Crippen LogP contribution in [0.4, 0.5) is 0 Å². The Morgan fingerprint density at radius 3 is 2.71 bits per heavy atom. The lowest BCUT2D eigenvalue weighted by molar-refractivity contribution is 0.0133. The summed E-state index contributed by atoms with van der Waals surface area (Å²) in [5.74, 6) is 3.65. The quantitative estimate of drug-likeness (QED) is 0.469. The highest BCUT2D eigenvalue weighted by molar-refractivity contribution is 5.33. The molecule has 0 amide bonds. The third-order valence-corrected chi connectivity index (χ3v) is 8.27. The molecule has 0 radical (unpaired) electrons. The van der Waals surface area contributed by atoms with E-state index in [4.69, 9.17) is 0 Å². The van der Waals surface area contributed by atoms with Crippen LogP contribution in [-0.4, -0.2) is 0 Å². The summed E-state index contributed by atoms with van der Waals surface area (Å²) in [6.07, 6.45) is 14.0. The zero-order valence-electron chi connectivity index (χ0n) is 14.3. The summed E-state index contributed by atoms with van der Waals surface area (Å²) in [5.41, 5.74) is 4.39. The van der Waals surface area contributed by atoms with E-state index < -0.39 is 0 Å². The van der Waals surface area contributed by atoms with Crippen molar-refractivity contribution in [3.05, 3.63) is 23.8 Å². The molecule has 3 fully saturated rings. The van der Waals surface area contributed by atoms with Crippen molar-refractivity contribution in [1.82, 2.24) is 0 Å². The summed E-state index contributed by atoms with van der Waals surface area (Å²) in [7, 11) is 0. The van der Waals surface area contributed by atoms with Crippen LogP contribution >= 0.6 is 0 Å². The Morgan fingerprint density at radius 2 is 1.90 bits per heavy atom. The molecular formula is C21H32. The molecule has 0 spiro atoms. The van der Waals surface area contributed by atoms with Crippen LogP contribution in [0.3, 0.4) is 0 Å². The van der Waals surface area contributed by atoms with E-state index in [0.717, 1.165) is 23.7 Å². The number of hydrogen-bond donors (Lipinski definition) is 0. The van der Waals surface area contributed by atoms with Crippen molar-refractivity contribution in [1.29, 1.82) is 0 Å². The predicted molar refractivity (Wildman–Crippen MR) is 90.0 cm³/mol. The van der Waals surface area contributed by atoms with Crippen LogP contribution in [0, 0.1) is 34.5 Å². The summed E-state index contributed by atoms with van der Waals surface area (Å²) in [6, 6.07) is 0. The van der Waals surface area contributed by atoms with Crippen molar-refractivity contribution in [2.45, 2.75) is 72.1 Å². The Hall–Kier alpha value is -0.520. The largest absolute Gasteiger partial charge is 0.0993 e. The van der Waals surface area contributed by atoms with Crippen LogP contribution in [0.25, 0.3) is 0 Å². The molecule has 3 saturated carbocycles. The maximum Gasteiger partial charge on any atom is -0.00505 e. The third kappa shape index (κ3) is 1.74. The first-order valence-corrected chi connectivity index (χ1v) is 9.35. The van der Waals surface area contributed by atoms with Gasteiger partial charge in [0, 0.05) is 0 Å². The normalized spacial score (nSPS) is 52.7. The van der Waals surface area contributed by atoms with Gasteiger partial charge >= 0.3 is 0 Å². The molecule has 0 aromatic heterocycles. The van der Waals surface area contributed by atoms with Gasteiger partial charge in [-0.05, 0) is 73.0 Å². The van der Waals surface area contributed by atoms with E-state index in [1.54, 1.807) is 5.57 Å². The van der Waals surface area contributed by atoms with E-state index in [1.165, 1.54) is 51.4 Å². The minimum absolute atomic E-state index is 0.422. The molecule has 6 atom stereocenters. The van der Waals surface area contributed by atoms with Crippen LogP contribution in [0.15, 0.2) is 23.8 Å². The van der Waals surface area contributed by atoms with Gasteiger partial charge in [-0.1, -0.05) is 57.4 Å². The van der Waals surface area contributed by atoms with Gasteiger partial charge in [-0.25, -0.2) is 0 Å². The van der Waals surface area contributed by atoms with Crippen LogP contribution < -0.4 is 0 Å². The molecule has 116 valence electrons. The zero-order valence-corrected chi connectivity index (χ0v) is 14.3. The average Bonchev–Trinajstić information content (AvgIpc) is 2.75. The first-order chi connectivity index (χ1) is 9.97. The highest BCUT2D eigenvalue weighted by Gasteiger charge is 2.56. The highest BCUT2D eigenvalue weighted by Crippen LogP contribution is 2.66. The SMILES string of the molecule is C=C1CCC2C3C[C@H](C)C4CCCC[C@]4(C)C3=CCC12C. The fourth-order valence-electron chi connectivity index (χ4n) is 6.97. The second kappa shape index (κ2) is 4.49. The molecule has 0 heterocycles. The molecule has 4 aliphatic rings. The zero-order chi connectivity index (χ0) is 14.8. The standard InChI is InChI=1S/C21H32/c1-14-13-16-18-9-8-15(2)20(18,3)12-10-19(16)21(4)11-6-5-7-17(14)21/h10,14,16-18H,2,5-9,11-13H2,1,3-4H3/t14-,16?,17?,18?,20?,21-/m0/s1. The maximum atomic E-state index is 4.44. The van der Waals surface area contributed by atoms with Gasteiger partial charge in [0.05, 0.1) is 0 Å². The van der Waals surface area contributed by atoms with Gasteiger partial charge in [-0.2, -0.15) is 0 Å². The first-order valence-electron chi connectivity index (χ1n) is 9.35. The van der Waals surface area contributed by atoms with E-state index in [9.17, 15) is 0 Å². The molecule has 0 heteroatoms. The van der Waals surface area contributed by atoms with Crippen molar-refractivity contribution in [2.24, 2.45) is 34.5 Å². The third-order valence-electron chi connectivity index (χ3n) is 8.27. The smallest absolute Gasteiger partial charge is 0.00505 e. The molecule has 0 bridgehead atoms. The van der Waals surface area contributed by atoms with Crippen molar-refractivity contribution < 1.29 is 0 Å². The Labute approximate surface area is 131 Å². The summed E-state index contributed by atoms with van der Waals surface area (Å²) >= 11 is 0. The summed E-state index contributed by atoms with van der Waals surface area (Å²) < 4.78 is 0. The molecule has 4 aliphatic carbocycles. The average molecular weight is 284 g/mol. The molecule has 0 nitrogen and oxygen atoms in total. The Bertz CT molecular complexity index is 498. The van der Waals surface area contributed by atoms with Crippen LogP contribution in [0.5, 0.6) is 0 Å². The van der Waals surface area contributed by atoms with Gasteiger partial charge in [0.25, 0.3) is 0 Å². The van der Waals surface area contributed by atoms with E-state index in [2.05, 4.69) is 33.4 Å². The number of allylic oxidation sites excluding steroid dienone is 3. The predicted octanol–water partition coefficient (Wildman–Crippen LogP) is 6.14. The topological polar surface area (TPSA) is 0 Å². The number of fused-ring (bicyclic) bond motifs is 5. The van der Waals surface area contributed by atoms with Gasteiger partial charge in [0.15, 0.2) is 0 Å². The van der Waals surface area contributed by atoms with E-state index in [0.29, 0.717) is 10.8 Å². The monoisotopic (exact) mass is 284 g/mol. The summed E-state index contributed by atoms with van der Waals surface area (Å²) in [4.78, 5) is 0. The minimum atomic E-state index is 0.422. The van der Waals surface area contributed by atoms with Gasteiger partial charge < -0.3 is 0 Å². The fraction of sp³-hybridized carbons (Fsp3) is 0.810. The molecule has 21 heavy (non-hydrogen) atoms. The molecule has 4 rings (SSSR count). The number of rotatable bonds is 0. The molecule has 0 aromatic rings. The van der Waals surface area contributed by atoms with Crippen molar-refractivity contribution in [2.75, 3.05) is 0 Å².